The molecule has 5 nitrogen and oxygen atoms in total. The summed E-state index contributed by atoms with van der Waals surface area (Å²) in [5, 5.41) is 15.2. The maximum Gasteiger partial charge on any atom is 0.435 e. The molecule has 5 rings (SSSR count). The molecular formula is C28H28N2O3. The molecule has 2 atom stereocenters. The molecule has 0 aliphatic heterocycles. The van der Waals surface area contributed by atoms with Crippen LogP contribution >= 0.6 is 0 Å². The Balaban J connectivity index is 1.63. The lowest BCUT2D eigenvalue weighted by Gasteiger charge is -2.35. The molecule has 168 valence electrons. The van der Waals surface area contributed by atoms with Gasteiger partial charge in [0, 0.05) is 11.3 Å². The SMILES string of the molecule is CC(C)(C)OC(=O)n1ncc2c3c(ccc21)C(c1ccc(O)cc1)C(c1ccccc1)CC3. The van der Waals surface area contributed by atoms with Crippen molar-refractivity contribution in [3.05, 3.63) is 95.2 Å². The fourth-order valence-corrected chi connectivity index (χ4v) is 5.03. The highest BCUT2D eigenvalue weighted by Gasteiger charge is 2.33. The van der Waals surface area contributed by atoms with Crippen LogP contribution in [0.15, 0.2) is 72.9 Å². The molecule has 0 bridgehead atoms. The first-order chi connectivity index (χ1) is 15.8. The molecule has 4 aromatic rings. The van der Waals surface area contributed by atoms with Crippen LogP contribution < -0.4 is 0 Å². The number of fused-ring (bicyclic) bond motifs is 3. The molecule has 33 heavy (non-hydrogen) atoms. The topological polar surface area (TPSA) is 64.4 Å². The summed E-state index contributed by atoms with van der Waals surface area (Å²) in [6.45, 7) is 5.55. The number of hydrogen-bond donors (Lipinski definition) is 1. The lowest BCUT2D eigenvalue weighted by Crippen LogP contribution is -2.27. The van der Waals surface area contributed by atoms with Gasteiger partial charge in [0.1, 0.15) is 11.4 Å². The zero-order chi connectivity index (χ0) is 23.2. The number of hydrogen-bond acceptors (Lipinski definition) is 4. The van der Waals surface area contributed by atoms with Gasteiger partial charge in [-0.2, -0.15) is 9.78 Å². The van der Waals surface area contributed by atoms with Crippen molar-refractivity contribution >= 4 is 17.0 Å². The van der Waals surface area contributed by atoms with Crippen LogP contribution in [0.1, 0.15) is 61.3 Å². The molecule has 3 aromatic carbocycles. The van der Waals surface area contributed by atoms with E-state index >= 15 is 0 Å². The summed E-state index contributed by atoms with van der Waals surface area (Å²) in [5.41, 5.74) is 5.14. The van der Waals surface area contributed by atoms with Crippen molar-refractivity contribution in [2.24, 2.45) is 0 Å². The Bertz CT molecular complexity index is 1300. The van der Waals surface area contributed by atoms with E-state index in [1.165, 1.54) is 26.9 Å². The van der Waals surface area contributed by atoms with E-state index in [0.717, 1.165) is 23.7 Å². The van der Waals surface area contributed by atoms with E-state index in [4.69, 9.17) is 4.74 Å². The van der Waals surface area contributed by atoms with Gasteiger partial charge in [-0.15, -0.1) is 0 Å². The highest BCUT2D eigenvalue weighted by Crippen LogP contribution is 2.48. The molecule has 2 unspecified atom stereocenters. The summed E-state index contributed by atoms with van der Waals surface area (Å²) in [5.74, 6) is 0.729. The molecule has 1 aromatic heterocycles. The van der Waals surface area contributed by atoms with Crippen molar-refractivity contribution in [2.75, 3.05) is 0 Å². The summed E-state index contributed by atoms with van der Waals surface area (Å²) in [7, 11) is 0. The van der Waals surface area contributed by atoms with Crippen molar-refractivity contribution in [1.82, 2.24) is 9.78 Å². The van der Waals surface area contributed by atoms with Gasteiger partial charge in [0.05, 0.1) is 11.7 Å². The molecule has 0 radical (unpaired) electrons. The van der Waals surface area contributed by atoms with Crippen LogP contribution in [0, 0.1) is 0 Å². The van der Waals surface area contributed by atoms with Crippen molar-refractivity contribution in [3.63, 3.8) is 0 Å². The van der Waals surface area contributed by atoms with Crippen molar-refractivity contribution in [3.8, 4) is 5.75 Å². The minimum Gasteiger partial charge on any atom is -0.508 e. The lowest BCUT2D eigenvalue weighted by molar-refractivity contribution is 0.0522. The second-order valence-corrected chi connectivity index (χ2v) is 9.73. The molecule has 0 spiro atoms. The van der Waals surface area contributed by atoms with E-state index in [1.54, 1.807) is 18.3 Å². The van der Waals surface area contributed by atoms with Gasteiger partial charge in [-0.25, -0.2) is 4.79 Å². The van der Waals surface area contributed by atoms with Crippen LogP contribution in [0.5, 0.6) is 5.75 Å². The first kappa shape index (κ1) is 21.3. The fraction of sp³-hybridized carbons (Fsp3) is 0.286. The van der Waals surface area contributed by atoms with Crippen LogP contribution in [-0.2, 0) is 11.2 Å². The van der Waals surface area contributed by atoms with E-state index in [9.17, 15) is 9.90 Å². The molecule has 0 fully saturated rings. The highest BCUT2D eigenvalue weighted by molar-refractivity contribution is 5.91. The Morgan fingerprint density at radius 2 is 1.73 bits per heavy atom. The monoisotopic (exact) mass is 440 g/mol. The molecule has 1 aliphatic carbocycles. The third-order valence-corrected chi connectivity index (χ3v) is 6.39. The molecule has 0 saturated heterocycles. The van der Waals surface area contributed by atoms with Gasteiger partial charge in [-0.3, -0.25) is 0 Å². The predicted molar refractivity (Wildman–Crippen MR) is 129 cm³/mol. The Morgan fingerprint density at radius 3 is 2.42 bits per heavy atom. The molecule has 1 N–H and O–H groups in total. The highest BCUT2D eigenvalue weighted by atomic mass is 16.6. The van der Waals surface area contributed by atoms with Crippen LogP contribution in [0.2, 0.25) is 0 Å². The number of rotatable bonds is 2. The number of carbonyl (C=O) groups excluding carboxylic acids is 1. The largest absolute Gasteiger partial charge is 0.508 e. The van der Waals surface area contributed by atoms with Crippen LogP contribution in [0.3, 0.4) is 0 Å². The number of benzene rings is 3. The van der Waals surface area contributed by atoms with Gasteiger partial charge in [0.2, 0.25) is 0 Å². The zero-order valence-electron chi connectivity index (χ0n) is 19.2. The third kappa shape index (κ3) is 3.99. The van der Waals surface area contributed by atoms with Gasteiger partial charge in [0.25, 0.3) is 0 Å². The molecule has 0 amide bonds. The normalized spacial score (nSPS) is 18.2. The van der Waals surface area contributed by atoms with Gasteiger partial charge >= 0.3 is 6.09 Å². The third-order valence-electron chi connectivity index (χ3n) is 6.39. The van der Waals surface area contributed by atoms with E-state index < -0.39 is 11.7 Å². The molecule has 1 heterocycles. The minimum absolute atomic E-state index is 0.144. The summed E-state index contributed by atoms with van der Waals surface area (Å²) >= 11 is 0. The average Bonchev–Trinajstić information content (AvgIpc) is 3.23. The number of carbonyl (C=O) groups is 1. The molecule has 0 saturated carbocycles. The Kier molecular flexibility index (Phi) is 5.20. The summed E-state index contributed by atoms with van der Waals surface area (Å²) < 4.78 is 6.91. The predicted octanol–water partition coefficient (Wildman–Crippen LogP) is 6.39. The second-order valence-electron chi connectivity index (χ2n) is 9.73. The number of aryl methyl sites for hydroxylation is 1. The average molecular weight is 441 g/mol. The smallest absolute Gasteiger partial charge is 0.435 e. The van der Waals surface area contributed by atoms with Crippen LogP contribution in [-0.4, -0.2) is 26.6 Å². The van der Waals surface area contributed by atoms with Gasteiger partial charge in [-0.1, -0.05) is 48.5 Å². The Morgan fingerprint density at radius 1 is 1.00 bits per heavy atom. The van der Waals surface area contributed by atoms with Gasteiger partial charge in [-0.05, 0) is 80.0 Å². The fourth-order valence-electron chi connectivity index (χ4n) is 5.03. The first-order valence-corrected chi connectivity index (χ1v) is 11.4. The van der Waals surface area contributed by atoms with Crippen LogP contribution in [0.4, 0.5) is 4.79 Å². The molecular weight excluding hydrogens is 412 g/mol. The standard InChI is InChI=1S/C28H28N2O3/c1-28(2,3)33-27(32)30-25-16-15-23-22(24(25)17-29-30)14-13-21(18-7-5-4-6-8-18)26(23)19-9-11-20(31)12-10-19/h4-12,15-17,21,26,31H,13-14H2,1-3H3. The Labute approximate surface area is 193 Å². The molecule has 1 aliphatic rings. The minimum atomic E-state index is -0.587. The second kappa shape index (κ2) is 8.07. The van der Waals surface area contributed by atoms with Crippen molar-refractivity contribution in [1.29, 1.82) is 0 Å². The zero-order valence-corrected chi connectivity index (χ0v) is 19.2. The van der Waals surface area contributed by atoms with Gasteiger partial charge in [0.15, 0.2) is 0 Å². The summed E-state index contributed by atoms with van der Waals surface area (Å²) in [6, 6.07) is 22.3. The molecule has 5 heteroatoms. The van der Waals surface area contributed by atoms with Crippen molar-refractivity contribution < 1.29 is 14.6 Å². The van der Waals surface area contributed by atoms with E-state index in [2.05, 4.69) is 35.4 Å². The number of ether oxygens (including phenoxy) is 1. The van der Waals surface area contributed by atoms with E-state index in [1.807, 2.05) is 45.0 Å². The summed E-state index contributed by atoms with van der Waals surface area (Å²) in [4.78, 5) is 12.7. The number of aromatic nitrogens is 2. The first-order valence-electron chi connectivity index (χ1n) is 11.4. The summed E-state index contributed by atoms with van der Waals surface area (Å²) in [6.07, 6.45) is 3.21. The quantitative estimate of drug-likeness (QED) is 0.392. The maximum absolute atomic E-state index is 12.7. The van der Waals surface area contributed by atoms with E-state index in [-0.39, 0.29) is 11.7 Å². The van der Waals surface area contributed by atoms with E-state index in [0.29, 0.717) is 5.92 Å². The van der Waals surface area contributed by atoms with Crippen molar-refractivity contribution in [2.45, 2.75) is 51.0 Å². The van der Waals surface area contributed by atoms with Gasteiger partial charge < -0.3 is 9.84 Å². The maximum atomic E-state index is 12.7. The number of phenolic OH excluding ortho intramolecular Hbond substituents is 1. The number of phenols is 1. The Hall–Kier alpha value is -3.60. The number of aromatic hydroxyl groups is 1. The van der Waals surface area contributed by atoms with Crippen LogP contribution in [0.25, 0.3) is 10.9 Å². The number of nitrogens with zero attached hydrogens (tertiary/aromatic N) is 2. The lowest BCUT2D eigenvalue weighted by atomic mass is 9.69.